The molecule has 1 aromatic rings. The molecular weight excluding hydrogens is 237 g/mol. The topological polar surface area (TPSA) is 58.6 Å². The molecule has 100 valence electrons. The van der Waals surface area contributed by atoms with Crippen molar-refractivity contribution >= 4 is 5.91 Å². The van der Waals surface area contributed by atoms with Crippen molar-refractivity contribution in [3.05, 3.63) is 29.6 Å². The molecule has 2 atom stereocenters. The normalized spacial score (nSPS) is 13.8. The van der Waals surface area contributed by atoms with Crippen LogP contribution in [0.3, 0.4) is 0 Å². The smallest absolute Gasteiger partial charge is 0.260 e. The van der Waals surface area contributed by atoms with Gasteiger partial charge >= 0.3 is 0 Å². The van der Waals surface area contributed by atoms with Crippen LogP contribution < -0.4 is 10.1 Å². The highest BCUT2D eigenvalue weighted by Gasteiger charge is 2.15. The average Bonchev–Trinajstić information content (AvgIpc) is 2.28. The molecule has 0 aliphatic heterocycles. The fourth-order valence-corrected chi connectivity index (χ4v) is 1.50. The summed E-state index contributed by atoms with van der Waals surface area (Å²) in [6.45, 7) is 5.39. The maximum atomic E-state index is 13.6. The molecule has 0 radical (unpaired) electrons. The van der Waals surface area contributed by atoms with Crippen molar-refractivity contribution in [2.24, 2.45) is 0 Å². The summed E-state index contributed by atoms with van der Waals surface area (Å²) in [5.74, 6) is -0.543. The minimum absolute atomic E-state index is 0.202. The summed E-state index contributed by atoms with van der Waals surface area (Å²) in [4.78, 5) is 11.4. The Morgan fingerprint density at radius 3 is 2.67 bits per heavy atom. The van der Waals surface area contributed by atoms with Gasteiger partial charge in [0.05, 0.1) is 6.10 Å². The SMILES string of the molecule is CCNC(=O)C(C)Oc1ccc([C@@H](C)O)c(F)c1. The van der Waals surface area contributed by atoms with Gasteiger partial charge in [-0.15, -0.1) is 0 Å². The summed E-state index contributed by atoms with van der Waals surface area (Å²) in [6.07, 6.45) is -1.57. The lowest BCUT2D eigenvalue weighted by Crippen LogP contribution is -2.36. The Balaban J connectivity index is 2.74. The number of nitrogens with one attached hydrogen (secondary N) is 1. The highest BCUT2D eigenvalue weighted by molar-refractivity contribution is 5.80. The Bertz CT molecular complexity index is 421. The molecular formula is C13H18FNO3. The zero-order chi connectivity index (χ0) is 13.7. The fraction of sp³-hybridized carbons (Fsp3) is 0.462. The molecule has 0 aliphatic carbocycles. The van der Waals surface area contributed by atoms with Crippen LogP contribution in [-0.2, 0) is 4.79 Å². The number of carbonyl (C=O) groups excluding carboxylic acids is 1. The molecule has 1 rings (SSSR count). The Hall–Kier alpha value is -1.62. The van der Waals surface area contributed by atoms with E-state index in [2.05, 4.69) is 5.32 Å². The van der Waals surface area contributed by atoms with Crippen LogP contribution >= 0.6 is 0 Å². The van der Waals surface area contributed by atoms with E-state index in [-0.39, 0.29) is 17.2 Å². The van der Waals surface area contributed by atoms with Crippen molar-refractivity contribution in [3.63, 3.8) is 0 Å². The molecule has 0 saturated carbocycles. The first-order chi connectivity index (χ1) is 8.45. The maximum absolute atomic E-state index is 13.6. The zero-order valence-corrected chi connectivity index (χ0v) is 10.7. The fourth-order valence-electron chi connectivity index (χ4n) is 1.50. The quantitative estimate of drug-likeness (QED) is 0.843. The van der Waals surface area contributed by atoms with E-state index in [0.29, 0.717) is 6.54 Å². The first kappa shape index (κ1) is 14.4. The van der Waals surface area contributed by atoms with Gasteiger partial charge in [0.1, 0.15) is 11.6 Å². The summed E-state index contributed by atoms with van der Waals surface area (Å²) in [6, 6.07) is 4.14. The van der Waals surface area contributed by atoms with E-state index < -0.39 is 18.0 Å². The van der Waals surface area contributed by atoms with Crippen LogP contribution in [0.2, 0.25) is 0 Å². The monoisotopic (exact) mass is 255 g/mol. The summed E-state index contributed by atoms with van der Waals surface area (Å²) >= 11 is 0. The van der Waals surface area contributed by atoms with Gasteiger partial charge in [-0.25, -0.2) is 4.39 Å². The van der Waals surface area contributed by atoms with E-state index >= 15 is 0 Å². The molecule has 18 heavy (non-hydrogen) atoms. The number of hydrogen-bond acceptors (Lipinski definition) is 3. The predicted octanol–water partition coefficient (Wildman–Crippen LogP) is 1.78. The zero-order valence-electron chi connectivity index (χ0n) is 10.7. The first-order valence-electron chi connectivity index (χ1n) is 5.87. The molecule has 0 spiro atoms. The number of carbonyl (C=O) groups is 1. The minimum Gasteiger partial charge on any atom is -0.481 e. The number of amides is 1. The van der Waals surface area contributed by atoms with Crippen LogP contribution in [0.25, 0.3) is 0 Å². The Labute approximate surface area is 106 Å². The summed E-state index contributed by atoms with van der Waals surface area (Å²) in [7, 11) is 0. The second kappa shape index (κ2) is 6.35. The van der Waals surface area contributed by atoms with Crippen molar-refractivity contribution in [2.45, 2.75) is 33.0 Å². The molecule has 0 bridgehead atoms. The maximum Gasteiger partial charge on any atom is 0.260 e. The first-order valence-corrected chi connectivity index (χ1v) is 5.87. The third-order valence-electron chi connectivity index (χ3n) is 2.46. The average molecular weight is 255 g/mol. The molecule has 0 heterocycles. The standard InChI is InChI=1S/C13H18FNO3/c1-4-15-13(17)9(3)18-10-5-6-11(8(2)16)12(14)7-10/h5-9,16H,4H2,1-3H3,(H,15,17)/t8-,9?/m1/s1. The predicted molar refractivity (Wildman–Crippen MR) is 65.8 cm³/mol. The Morgan fingerprint density at radius 1 is 1.50 bits per heavy atom. The number of halogens is 1. The molecule has 0 aromatic heterocycles. The van der Waals surface area contributed by atoms with Gasteiger partial charge in [-0.2, -0.15) is 0 Å². The van der Waals surface area contributed by atoms with Crippen LogP contribution in [0.4, 0.5) is 4.39 Å². The van der Waals surface area contributed by atoms with Gasteiger partial charge < -0.3 is 15.2 Å². The minimum atomic E-state index is -0.875. The van der Waals surface area contributed by atoms with Crippen molar-refractivity contribution in [1.82, 2.24) is 5.32 Å². The van der Waals surface area contributed by atoms with Crippen molar-refractivity contribution in [2.75, 3.05) is 6.54 Å². The Morgan fingerprint density at radius 2 is 2.17 bits per heavy atom. The van der Waals surface area contributed by atoms with E-state index in [9.17, 15) is 14.3 Å². The third-order valence-corrected chi connectivity index (χ3v) is 2.46. The number of ether oxygens (including phenoxy) is 1. The van der Waals surface area contributed by atoms with Crippen LogP contribution in [-0.4, -0.2) is 23.7 Å². The number of aliphatic hydroxyl groups is 1. The van der Waals surface area contributed by atoms with Crippen molar-refractivity contribution < 1.29 is 19.0 Å². The number of benzene rings is 1. The van der Waals surface area contributed by atoms with Gasteiger partial charge in [0, 0.05) is 18.2 Å². The number of aliphatic hydroxyl groups excluding tert-OH is 1. The molecule has 1 aromatic carbocycles. The van der Waals surface area contributed by atoms with Crippen LogP contribution in [0.1, 0.15) is 32.4 Å². The van der Waals surface area contributed by atoms with Gasteiger partial charge in [0.25, 0.3) is 5.91 Å². The number of likely N-dealkylation sites (N-methyl/N-ethyl adjacent to an activating group) is 1. The van der Waals surface area contributed by atoms with Crippen LogP contribution in [0.15, 0.2) is 18.2 Å². The lowest BCUT2D eigenvalue weighted by molar-refractivity contribution is -0.127. The van der Waals surface area contributed by atoms with Gasteiger partial charge in [-0.1, -0.05) is 0 Å². The largest absolute Gasteiger partial charge is 0.481 e. The molecule has 0 aliphatic rings. The van der Waals surface area contributed by atoms with E-state index in [1.165, 1.54) is 19.1 Å². The second-order valence-electron chi connectivity index (χ2n) is 4.01. The Kier molecular flexibility index (Phi) is 5.09. The highest BCUT2D eigenvalue weighted by atomic mass is 19.1. The molecule has 2 N–H and O–H groups in total. The van der Waals surface area contributed by atoms with Crippen LogP contribution in [0, 0.1) is 5.82 Å². The van der Waals surface area contributed by atoms with E-state index in [4.69, 9.17) is 4.74 Å². The van der Waals surface area contributed by atoms with Gasteiger partial charge in [0.2, 0.25) is 0 Å². The number of rotatable bonds is 5. The molecule has 4 nitrogen and oxygen atoms in total. The lowest BCUT2D eigenvalue weighted by atomic mass is 10.1. The molecule has 0 saturated heterocycles. The summed E-state index contributed by atoms with van der Waals surface area (Å²) < 4.78 is 18.9. The van der Waals surface area contributed by atoms with Gasteiger partial charge in [-0.05, 0) is 32.9 Å². The van der Waals surface area contributed by atoms with E-state index in [1.54, 1.807) is 6.92 Å². The van der Waals surface area contributed by atoms with Gasteiger partial charge in [-0.3, -0.25) is 4.79 Å². The summed E-state index contributed by atoms with van der Waals surface area (Å²) in [5.41, 5.74) is 0.202. The molecule has 1 unspecified atom stereocenters. The van der Waals surface area contributed by atoms with E-state index in [1.807, 2.05) is 6.92 Å². The lowest BCUT2D eigenvalue weighted by Gasteiger charge is -2.15. The highest BCUT2D eigenvalue weighted by Crippen LogP contribution is 2.22. The van der Waals surface area contributed by atoms with Crippen molar-refractivity contribution in [1.29, 1.82) is 0 Å². The van der Waals surface area contributed by atoms with E-state index in [0.717, 1.165) is 6.07 Å². The second-order valence-corrected chi connectivity index (χ2v) is 4.01. The summed E-state index contributed by atoms with van der Waals surface area (Å²) in [5, 5.41) is 11.9. The van der Waals surface area contributed by atoms with Crippen LogP contribution in [0.5, 0.6) is 5.75 Å². The third kappa shape index (κ3) is 3.70. The molecule has 5 heteroatoms. The number of hydrogen-bond donors (Lipinski definition) is 2. The molecule has 0 fully saturated rings. The molecule has 1 amide bonds. The van der Waals surface area contributed by atoms with Gasteiger partial charge in [0.15, 0.2) is 6.10 Å². The van der Waals surface area contributed by atoms with Crippen molar-refractivity contribution in [3.8, 4) is 5.75 Å².